The van der Waals surface area contributed by atoms with E-state index in [2.05, 4.69) is 15.2 Å². The summed E-state index contributed by atoms with van der Waals surface area (Å²) in [7, 11) is 0. The summed E-state index contributed by atoms with van der Waals surface area (Å²) in [4.78, 5) is 19.1. The highest BCUT2D eigenvalue weighted by atomic mass is 16.3. The third-order valence-electron chi connectivity index (χ3n) is 4.73. The summed E-state index contributed by atoms with van der Waals surface area (Å²) < 4.78 is 5.49. The van der Waals surface area contributed by atoms with Crippen LogP contribution in [0, 0.1) is 12.8 Å². The third-order valence-corrected chi connectivity index (χ3v) is 4.73. The molecule has 3 aliphatic heterocycles. The Kier molecular flexibility index (Phi) is 2.96. The van der Waals surface area contributed by atoms with Gasteiger partial charge in [-0.1, -0.05) is 0 Å². The molecule has 0 aromatic carbocycles. The molecule has 0 spiro atoms. The van der Waals surface area contributed by atoms with Crippen molar-refractivity contribution >= 4 is 16.9 Å². The van der Waals surface area contributed by atoms with E-state index >= 15 is 0 Å². The van der Waals surface area contributed by atoms with Gasteiger partial charge in [0.25, 0.3) is 5.91 Å². The zero-order chi connectivity index (χ0) is 14.4. The molecule has 110 valence electrons. The molecule has 0 radical (unpaired) electrons. The fraction of sp³-hybridized carbons (Fsp3) is 0.500. The standard InChI is InChI=1S/C16H19N3O2/c1-10-6-12-7-13(17-8-15(12)21-10)16(20)18-14-9-19-4-2-11(14)3-5-19/h6-8,11,14H,2-5,9H2,1H3,(H,18,20)/t14-/m1/s1. The normalized spacial score (nSPS) is 28.0. The van der Waals surface area contributed by atoms with E-state index < -0.39 is 0 Å². The molecule has 21 heavy (non-hydrogen) atoms. The van der Waals surface area contributed by atoms with Gasteiger partial charge >= 0.3 is 0 Å². The summed E-state index contributed by atoms with van der Waals surface area (Å²) in [5.74, 6) is 1.38. The second kappa shape index (κ2) is 4.84. The van der Waals surface area contributed by atoms with Crippen molar-refractivity contribution in [1.29, 1.82) is 0 Å². The van der Waals surface area contributed by atoms with Crippen LogP contribution in [0.15, 0.2) is 22.7 Å². The number of furan rings is 1. The van der Waals surface area contributed by atoms with Crippen LogP contribution in [0.25, 0.3) is 11.0 Å². The molecule has 5 heteroatoms. The van der Waals surface area contributed by atoms with E-state index in [4.69, 9.17) is 4.42 Å². The minimum absolute atomic E-state index is 0.0745. The number of nitrogens with zero attached hydrogens (tertiary/aromatic N) is 2. The van der Waals surface area contributed by atoms with Gasteiger partial charge in [0.2, 0.25) is 0 Å². The molecule has 2 bridgehead atoms. The lowest BCUT2D eigenvalue weighted by molar-refractivity contribution is 0.0618. The van der Waals surface area contributed by atoms with E-state index in [1.807, 2.05) is 19.1 Å². The van der Waals surface area contributed by atoms with Gasteiger partial charge in [0.1, 0.15) is 11.5 Å². The molecular formula is C16H19N3O2. The number of hydrogen-bond acceptors (Lipinski definition) is 4. The molecular weight excluding hydrogens is 266 g/mol. The van der Waals surface area contributed by atoms with Crippen LogP contribution < -0.4 is 5.32 Å². The molecule has 2 aromatic rings. The van der Waals surface area contributed by atoms with Gasteiger partial charge in [-0.15, -0.1) is 0 Å². The molecule has 0 aliphatic carbocycles. The number of pyridine rings is 1. The van der Waals surface area contributed by atoms with Crippen LogP contribution in [0.1, 0.15) is 29.1 Å². The number of rotatable bonds is 2. The number of hydrogen-bond donors (Lipinski definition) is 1. The molecule has 3 aliphatic rings. The van der Waals surface area contributed by atoms with Crippen molar-refractivity contribution in [1.82, 2.24) is 15.2 Å². The number of nitrogens with one attached hydrogen (secondary N) is 1. The Balaban J connectivity index is 1.53. The molecule has 2 aromatic heterocycles. The predicted octanol–water partition coefficient (Wildman–Crippen LogP) is 1.96. The molecule has 1 atom stereocenters. The molecule has 3 saturated heterocycles. The quantitative estimate of drug-likeness (QED) is 0.916. The lowest BCUT2D eigenvalue weighted by Gasteiger charge is -2.44. The summed E-state index contributed by atoms with van der Waals surface area (Å²) >= 11 is 0. The van der Waals surface area contributed by atoms with E-state index in [-0.39, 0.29) is 11.9 Å². The Morgan fingerprint density at radius 3 is 2.90 bits per heavy atom. The third kappa shape index (κ3) is 2.31. The van der Waals surface area contributed by atoms with Crippen molar-refractivity contribution in [2.24, 2.45) is 5.92 Å². The number of carbonyl (C=O) groups excluding carboxylic acids is 1. The van der Waals surface area contributed by atoms with E-state index in [1.165, 1.54) is 25.9 Å². The first-order valence-electron chi connectivity index (χ1n) is 7.58. The summed E-state index contributed by atoms with van der Waals surface area (Å²) in [5.41, 5.74) is 1.20. The molecule has 1 N–H and O–H groups in total. The van der Waals surface area contributed by atoms with Crippen molar-refractivity contribution in [3.63, 3.8) is 0 Å². The fourth-order valence-electron chi connectivity index (χ4n) is 3.57. The highest BCUT2D eigenvalue weighted by molar-refractivity contribution is 5.95. The van der Waals surface area contributed by atoms with Crippen LogP contribution >= 0.6 is 0 Å². The smallest absolute Gasteiger partial charge is 0.270 e. The van der Waals surface area contributed by atoms with Gasteiger partial charge in [0, 0.05) is 18.0 Å². The average molecular weight is 285 g/mol. The Labute approximate surface area is 123 Å². The number of carbonyl (C=O) groups is 1. The van der Waals surface area contributed by atoms with Gasteiger partial charge < -0.3 is 14.6 Å². The zero-order valence-corrected chi connectivity index (χ0v) is 12.1. The van der Waals surface area contributed by atoms with E-state index in [1.54, 1.807) is 6.20 Å². The van der Waals surface area contributed by atoms with Crippen LogP contribution in [0.4, 0.5) is 0 Å². The molecule has 3 fully saturated rings. The van der Waals surface area contributed by atoms with Gasteiger partial charge in [0.15, 0.2) is 5.58 Å². The first kappa shape index (κ1) is 12.8. The molecule has 0 unspecified atom stereocenters. The first-order chi connectivity index (χ1) is 10.2. The van der Waals surface area contributed by atoms with Crippen molar-refractivity contribution in [3.8, 4) is 0 Å². The minimum Gasteiger partial charge on any atom is -0.460 e. The van der Waals surface area contributed by atoms with Crippen molar-refractivity contribution in [3.05, 3.63) is 29.8 Å². The number of amides is 1. The van der Waals surface area contributed by atoms with E-state index in [0.717, 1.165) is 23.3 Å². The first-order valence-corrected chi connectivity index (χ1v) is 7.58. The van der Waals surface area contributed by atoms with Gasteiger partial charge in [0.05, 0.1) is 6.20 Å². The second-order valence-corrected chi connectivity index (χ2v) is 6.18. The van der Waals surface area contributed by atoms with Gasteiger partial charge in [-0.3, -0.25) is 4.79 Å². The van der Waals surface area contributed by atoms with Crippen LogP contribution in [-0.4, -0.2) is 41.5 Å². The lowest BCUT2D eigenvalue weighted by Crippen LogP contribution is -2.57. The van der Waals surface area contributed by atoms with Crippen LogP contribution in [0.5, 0.6) is 0 Å². The monoisotopic (exact) mass is 285 g/mol. The van der Waals surface area contributed by atoms with E-state index in [9.17, 15) is 4.79 Å². The van der Waals surface area contributed by atoms with Crippen LogP contribution in [0.3, 0.4) is 0 Å². The summed E-state index contributed by atoms with van der Waals surface area (Å²) in [6.07, 6.45) is 4.02. The van der Waals surface area contributed by atoms with Gasteiger partial charge in [-0.25, -0.2) is 4.98 Å². The van der Waals surface area contributed by atoms with E-state index in [0.29, 0.717) is 11.6 Å². The highest BCUT2D eigenvalue weighted by Gasteiger charge is 2.35. The fourth-order valence-corrected chi connectivity index (χ4v) is 3.57. The molecule has 5 heterocycles. The van der Waals surface area contributed by atoms with Gasteiger partial charge in [-0.2, -0.15) is 0 Å². The number of aryl methyl sites for hydroxylation is 1. The Morgan fingerprint density at radius 2 is 2.19 bits per heavy atom. The van der Waals surface area contributed by atoms with Crippen molar-refractivity contribution in [2.45, 2.75) is 25.8 Å². The second-order valence-electron chi connectivity index (χ2n) is 6.18. The summed E-state index contributed by atoms with van der Waals surface area (Å²) in [5, 5.41) is 4.10. The van der Waals surface area contributed by atoms with Gasteiger partial charge in [-0.05, 0) is 50.9 Å². The maximum absolute atomic E-state index is 12.4. The average Bonchev–Trinajstić information content (AvgIpc) is 2.87. The molecule has 5 rings (SSSR count). The highest BCUT2D eigenvalue weighted by Crippen LogP contribution is 2.27. The molecule has 0 saturated carbocycles. The largest absolute Gasteiger partial charge is 0.460 e. The predicted molar refractivity (Wildman–Crippen MR) is 79.2 cm³/mol. The van der Waals surface area contributed by atoms with Crippen molar-refractivity contribution < 1.29 is 9.21 Å². The summed E-state index contributed by atoms with van der Waals surface area (Å²) in [6, 6.07) is 4.01. The maximum atomic E-state index is 12.4. The number of fused-ring (bicyclic) bond motifs is 4. The number of aromatic nitrogens is 1. The maximum Gasteiger partial charge on any atom is 0.270 e. The Bertz CT molecular complexity index is 686. The minimum atomic E-state index is -0.0745. The SMILES string of the molecule is Cc1cc2cc(C(=O)N[C@@H]3CN4CCC3CC4)ncc2o1. The lowest BCUT2D eigenvalue weighted by atomic mass is 9.84. The molecule has 1 amide bonds. The van der Waals surface area contributed by atoms with Crippen LogP contribution in [-0.2, 0) is 0 Å². The van der Waals surface area contributed by atoms with Crippen molar-refractivity contribution in [2.75, 3.05) is 19.6 Å². The zero-order valence-electron chi connectivity index (χ0n) is 12.1. The van der Waals surface area contributed by atoms with Crippen LogP contribution in [0.2, 0.25) is 0 Å². The summed E-state index contributed by atoms with van der Waals surface area (Å²) in [6.45, 7) is 5.22. The Hall–Kier alpha value is -1.88. The molecule has 5 nitrogen and oxygen atoms in total. The number of piperidine rings is 3. The topological polar surface area (TPSA) is 58.4 Å². The Morgan fingerprint density at radius 1 is 1.38 bits per heavy atom.